The third-order valence-corrected chi connectivity index (χ3v) is 2.40. The number of aromatic nitrogens is 2. The largest absolute Gasteiger partial charge is 0.478 e. The Bertz CT molecular complexity index is 578. The van der Waals surface area contributed by atoms with Crippen molar-refractivity contribution in [2.24, 2.45) is 0 Å². The highest BCUT2D eigenvalue weighted by atomic mass is 32.1. The quantitative estimate of drug-likeness (QED) is 0.781. The van der Waals surface area contributed by atoms with Gasteiger partial charge in [0.05, 0.1) is 0 Å². The molecule has 1 aromatic carbocycles. The number of carboxylic acid groups (broad SMARTS) is 1. The molecule has 0 aliphatic heterocycles. The fourth-order valence-electron chi connectivity index (χ4n) is 1.29. The molecule has 0 unspecified atom stereocenters. The summed E-state index contributed by atoms with van der Waals surface area (Å²) in [6.07, 6.45) is 1.27. The molecule has 1 heterocycles. The number of hydrogen-bond donors (Lipinski definition) is 2. The van der Waals surface area contributed by atoms with Crippen LogP contribution in [0.1, 0.15) is 10.4 Å². The third kappa shape index (κ3) is 1.99. The summed E-state index contributed by atoms with van der Waals surface area (Å²) in [5.41, 5.74) is 0.875. The minimum Gasteiger partial charge on any atom is -0.478 e. The molecule has 5 heteroatoms. The van der Waals surface area contributed by atoms with Crippen LogP contribution < -0.4 is 0 Å². The first kappa shape index (κ1) is 10.5. The number of rotatable bonds is 2. The van der Waals surface area contributed by atoms with Crippen LogP contribution in [0.25, 0.3) is 11.4 Å². The highest BCUT2D eigenvalue weighted by Gasteiger charge is 2.07. The lowest BCUT2D eigenvalue weighted by molar-refractivity contribution is 0.0695. The Morgan fingerprint density at radius 2 is 2.00 bits per heavy atom. The van der Waals surface area contributed by atoms with Crippen LogP contribution in [-0.2, 0) is 0 Å². The van der Waals surface area contributed by atoms with Gasteiger partial charge in [0, 0.05) is 11.8 Å². The molecule has 0 bridgehead atoms. The lowest BCUT2D eigenvalue weighted by Gasteiger charge is -2.01. The summed E-state index contributed by atoms with van der Waals surface area (Å²) in [5, 5.41) is 8.80. The highest BCUT2D eigenvalue weighted by molar-refractivity contribution is 7.71. The van der Waals surface area contributed by atoms with Crippen molar-refractivity contribution in [3.8, 4) is 11.4 Å². The summed E-state index contributed by atoms with van der Waals surface area (Å²) >= 11 is 4.94. The number of hydrogen-bond acceptors (Lipinski definition) is 3. The third-order valence-electron chi connectivity index (χ3n) is 2.08. The van der Waals surface area contributed by atoms with Gasteiger partial charge in [0.2, 0.25) is 0 Å². The van der Waals surface area contributed by atoms with Crippen molar-refractivity contribution in [2.75, 3.05) is 0 Å². The molecule has 80 valence electrons. The predicted octanol–water partition coefficient (Wildman–Crippen LogP) is 2.50. The zero-order valence-corrected chi connectivity index (χ0v) is 8.99. The van der Waals surface area contributed by atoms with E-state index in [2.05, 4.69) is 9.97 Å². The van der Waals surface area contributed by atoms with Crippen LogP contribution in [0.3, 0.4) is 0 Å². The van der Waals surface area contributed by atoms with Gasteiger partial charge in [-0.05, 0) is 0 Å². The summed E-state index contributed by atoms with van der Waals surface area (Å²) < 4.78 is 0.182. The van der Waals surface area contributed by atoms with Crippen molar-refractivity contribution in [3.05, 3.63) is 46.7 Å². The van der Waals surface area contributed by atoms with Crippen molar-refractivity contribution < 1.29 is 9.90 Å². The van der Waals surface area contributed by atoms with Crippen LogP contribution in [-0.4, -0.2) is 21.0 Å². The summed E-state index contributed by atoms with van der Waals surface area (Å²) in [7, 11) is 0. The van der Waals surface area contributed by atoms with Crippen LogP contribution in [0.4, 0.5) is 0 Å². The smallest absolute Gasteiger partial charge is 0.340 e. The molecule has 4 nitrogen and oxygen atoms in total. The minimum atomic E-state index is -1.08. The number of nitrogens with one attached hydrogen (secondary N) is 1. The van der Waals surface area contributed by atoms with Gasteiger partial charge in [-0.2, -0.15) is 0 Å². The molecule has 2 aromatic rings. The van der Waals surface area contributed by atoms with Gasteiger partial charge in [-0.1, -0.05) is 42.5 Å². The molecule has 0 saturated carbocycles. The molecule has 0 spiro atoms. The van der Waals surface area contributed by atoms with E-state index >= 15 is 0 Å². The van der Waals surface area contributed by atoms with E-state index in [0.29, 0.717) is 5.82 Å². The normalized spacial score (nSPS) is 10.0. The fourth-order valence-corrected chi connectivity index (χ4v) is 1.53. The molecule has 0 aliphatic rings. The average Bonchev–Trinajstić information content (AvgIpc) is 2.29. The van der Waals surface area contributed by atoms with Gasteiger partial charge in [-0.25, -0.2) is 9.78 Å². The molecule has 0 radical (unpaired) electrons. The Morgan fingerprint density at radius 1 is 1.31 bits per heavy atom. The molecule has 0 amide bonds. The van der Waals surface area contributed by atoms with Gasteiger partial charge in [0.25, 0.3) is 0 Å². The fraction of sp³-hybridized carbons (Fsp3) is 0. The van der Waals surface area contributed by atoms with Crippen LogP contribution in [0, 0.1) is 4.64 Å². The molecule has 0 fully saturated rings. The van der Waals surface area contributed by atoms with Crippen molar-refractivity contribution in [3.63, 3.8) is 0 Å². The molecule has 2 rings (SSSR count). The first-order chi connectivity index (χ1) is 7.68. The second-order valence-corrected chi connectivity index (χ2v) is 3.55. The molecule has 1 aromatic heterocycles. The van der Waals surface area contributed by atoms with E-state index < -0.39 is 5.97 Å². The lowest BCUT2D eigenvalue weighted by atomic mass is 10.2. The van der Waals surface area contributed by atoms with Crippen LogP contribution >= 0.6 is 12.2 Å². The van der Waals surface area contributed by atoms with Gasteiger partial charge in [-0.3, -0.25) is 0 Å². The standard InChI is InChI=1S/C11H8N2O2S/c14-11(15)8-6-12-9(13-10(8)16)7-4-2-1-3-5-7/h1-6H,(H,14,15)(H,12,13,16). The predicted molar refractivity (Wildman–Crippen MR) is 61.8 cm³/mol. The van der Waals surface area contributed by atoms with E-state index in [-0.39, 0.29) is 10.2 Å². The Hall–Kier alpha value is -2.01. The Balaban J connectivity index is 2.51. The summed E-state index contributed by atoms with van der Waals surface area (Å²) in [6.45, 7) is 0. The molecule has 0 atom stereocenters. The van der Waals surface area contributed by atoms with E-state index in [9.17, 15) is 4.79 Å². The monoisotopic (exact) mass is 232 g/mol. The van der Waals surface area contributed by atoms with Crippen molar-refractivity contribution in [2.45, 2.75) is 0 Å². The molecule has 2 N–H and O–H groups in total. The van der Waals surface area contributed by atoms with E-state index in [4.69, 9.17) is 17.3 Å². The summed E-state index contributed by atoms with van der Waals surface area (Å²) in [6, 6.07) is 9.38. The molecule has 16 heavy (non-hydrogen) atoms. The van der Waals surface area contributed by atoms with E-state index in [1.165, 1.54) is 6.20 Å². The number of nitrogens with zero attached hydrogens (tertiary/aromatic N) is 1. The van der Waals surface area contributed by atoms with E-state index in [1.54, 1.807) is 0 Å². The number of aromatic carboxylic acids is 1. The second-order valence-electron chi connectivity index (χ2n) is 3.15. The van der Waals surface area contributed by atoms with Crippen LogP contribution in [0.15, 0.2) is 36.5 Å². The van der Waals surface area contributed by atoms with Crippen LogP contribution in [0.5, 0.6) is 0 Å². The number of aromatic amines is 1. The summed E-state index contributed by atoms with van der Waals surface area (Å²) in [4.78, 5) is 17.6. The molecular weight excluding hydrogens is 224 g/mol. The highest BCUT2D eigenvalue weighted by Crippen LogP contribution is 2.13. The first-order valence-electron chi connectivity index (χ1n) is 4.56. The number of H-pyrrole nitrogens is 1. The topological polar surface area (TPSA) is 66.0 Å². The Labute approximate surface area is 96.6 Å². The number of carboxylic acids is 1. The zero-order chi connectivity index (χ0) is 11.5. The van der Waals surface area contributed by atoms with Crippen molar-refractivity contribution in [1.29, 1.82) is 0 Å². The maximum atomic E-state index is 10.7. The van der Waals surface area contributed by atoms with Crippen molar-refractivity contribution >= 4 is 18.2 Å². The summed E-state index contributed by atoms with van der Waals surface area (Å²) in [5.74, 6) is -0.510. The second kappa shape index (κ2) is 4.24. The molecule has 0 saturated heterocycles. The minimum absolute atomic E-state index is 0.00896. The van der Waals surface area contributed by atoms with Gasteiger partial charge in [0.15, 0.2) is 0 Å². The van der Waals surface area contributed by atoms with Crippen LogP contribution in [0.2, 0.25) is 0 Å². The maximum Gasteiger partial charge on any atom is 0.340 e. The SMILES string of the molecule is O=C(O)c1cnc(-c2ccccc2)[nH]c1=S. The Morgan fingerprint density at radius 3 is 2.56 bits per heavy atom. The first-order valence-corrected chi connectivity index (χ1v) is 4.97. The van der Waals surface area contributed by atoms with E-state index in [1.807, 2.05) is 30.3 Å². The van der Waals surface area contributed by atoms with Gasteiger partial charge >= 0.3 is 5.97 Å². The van der Waals surface area contributed by atoms with E-state index in [0.717, 1.165) is 5.56 Å². The van der Waals surface area contributed by atoms with Crippen molar-refractivity contribution in [1.82, 2.24) is 9.97 Å². The average molecular weight is 232 g/mol. The molecular formula is C11H8N2O2S. The maximum absolute atomic E-state index is 10.7. The van der Waals surface area contributed by atoms with Gasteiger partial charge in [0.1, 0.15) is 16.0 Å². The number of carbonyl (C=O) groups is 1. The Kier molecular flexibility index (Phi) is 2.78. The van der Waals surface area contributed by atoms with Gasteiger partial charge < -0.3 is 10.1 Å². The molecule has 0 aliphatic carbocycles. The lowest BCUT2D eigenvalue weighted by Crippen LogP contribution is -2.01. The van der Waals surface area contributed by atoms with Gasteiger partial charge in [-0.15, -0.1) is 0 Å². The zero-order valence-electron chi connectivity index (χ0n) is 8.18. The number of benzene rings is 1.